The van der Waals surface area contributed by atoms with Gasteiger partial charge in [-0.25, -0.2) is 0 Å². The Morgan fingerprint density at radius 2 is 2.17 bits per heavy atom. The van der Waals surface area contributed by atoms with Crippen LogP contribution in [0.15, 0.2) is 30.3 Å². The molecular formula is C18H29N3O2. The van der Waals surface area contributed by atoms with Crippen molar-refractivity contribution in [2.75, 3.05) is 40.4 Å². The Hall–Kier alpha value is -1.43. The van der Waals surface area contributed by atoms with Gasteiger partial charge in [0.2, 0.25) is 5.91 Å². The van der Waals surface area contributed by atoms with Gasteiger partial charge in [0.15, 0.2) is 0 Å². The van der Waals surface area contributed by atoms with Crippen LogP contribution in [0.3, 0.4) is 0 Å². The van der Waals surface area contributed by atoms with Gasteiger partial charge in [-0.05, 0) is 32.5 Å². The summed E-state index contributed by atoms with van der Waals surface area (Å²) in [4.78, 5) is 14.9. The number of carbonyl (C=O) groups is 1. The molecule has 2 rings (SSSR count). The van der Waals surface area contributed by atoms with Gasteiger partial charge < -0.3 is 20.3 Å². The van der Waals surface area contributed by atoms with Crippen LogP contribution in [0, 0.1) is 5.41 Å². The molecule has 0 radical (unpaired) electrons. The lowest BCUT2D eigenvalue weighted by molar-refractivity contribution is -0.133. The summed E-state index contributed by atoms with van der Waals surface area (Å²) < 4.78 is 5.28. The van der Waals surface area contributed by atoms with Crippen molar-refractivity contribution in [3.8, 4) is 0 Å². The van der Waals surface area contributed by atoms with Gasteiger partial charge in [-0.1, -0.05) is 30.3 Å². The molecule has 0 bridgehead atoms. The predicted molar refractivity (Wildman–Crippen MR) is 92.2 cm³/mol. The number of rotatable bonds is 8. The molecule has 2 unspecified atom stereocenters. The van der Waals surface area contributed by atoms with Crippen molar-refractivity contribution in [3.05, 3.63) is 35.9 Å². The first-order valence-electron chi connectivity index (χ1n) is 8.29. The lowest BCUT2D eigenvalue weighted by Gasteiger charge is -2.29. The second-order valence-corrected chi connectivity index (χ2v) is 6.70. The van der Waals surface area contributed by atoms with E-state index < -0.39 is 5.41 Å². The van der Waals surface area contributed by atoms with E-state index in [0.29, 0.717) is 13.2 Å². The zero-order valence-corrected chi connectivity index (χ0v) is 14.5. The number of benzene rings is 1. The maximum Gasteiger partial charge on any atom is 0.230 e. The third-order valence-electron chi connectivity index (χ3n) is 4.40. The van der Waals surface area contributed by atoms with E-state index in [2.05, 4.69) is 53.8 Å². The predicted octanol–water partition coefficient (Wildman–Crippen LogP) is 1.25. The van der Waals surface area contributed by atoms with Crippen molar-refractivity contribution in [3.63, 3.8) is 0 Å². The Morgan fingerprint density at radius 3 is 2.78 bits per heavy atom. The molecule has 23 heavy (non-hydrogen) atoms. The summed E-state index contributed by atoms with van der Waals surface area (Å²) in [5.41, 5.74) is 0.866. The molecule has 1 fully saturated rings. The number of amides is 1. The topological polar surface area (TPSA) is 53.6 Å². The number of likely N-dealkylation sites (N-methyl/N-ethyl adjacent to an activating group) is 1. The standard InChI is InChI=1S/C18H29N3O2/c1-15(11-21(2)12-16-7-5-4-6-8-16)20-17(22)18(14-23-3)9-10-19-13-18/h4-8,15,19H,9-14H2,1-3H3,(H,20,22). The summed E-state index contributed by atoms with van der Waals surface area (Å²) in [6.07, 6.45) is 0.833. The highest BCUT2D eigenvalue weighted by Gasteiger charge is 2.41. The van der Waals surface area contributed by atoms with Crippen LogP contribution in [-0.2, 0) is 16.1 Å². The average molecular weight is 319 g/mol. The zero-order chi connectivity index (χ0) is 16.7. The highest BCUT2D eigenvalue weighted by Crippen LogP contribution is 2.26. The van der Waals surface area contributed by atoms with Gasteiger partial charge in [-0.2, -0.15) is 0 Å². The zero-order valence-electron chi connectivity index (χ0n) is 14.5. The quantitative estimate of drug-likeness (QED) is 0.757. The second-order valence-electron chi connectivity index (χ2n) is 6.70. The third kappa shape index (κ3) is 5.03. The summed E-state index contributed by atoms with van der Waals surface area (Å²) in [6.45, 7) is 5.79. The molecule has 1 aliphatic heterocycles. The molecule has 2 N–H and O–H groups in total. The van der Waals surface area contributed by atoms with Gasteiger partial charge in [0.05, 0.1) is 12.0 Å². The summed E-state index contributed by atoms with van der Waals surface area (Å²) >= 11 is 0. The van der Waals surface area contributed by atoms with Crippen molar-refractivity contribution in [2.45, 2.75) is 25.9 Å². The molecule has 1 aliphatic rings. The summed E-state index contributed by atoms with van der Waals surface area (Å²) in [5.74, 6) is 0.102. The first kappa shape index (κ1) is 17.9. The molecule has 2 atom stereocenters. The van der Waals surface area contributed by atoms with Crippen molar-refractivity contribution >= 4 is 5.91 Å². The monoisotopic (exact) mass is 319 g/mol. The number of carbonyl (C=O) groups excluding carboxylic acids is 1. The molecule has 1 saturated heterocycles. The van der Waals surface area contributed by atoms with Crippen molar-refractivity contribution in [1.82, 2.24) is 15.5 Å². The SMILES string of the molecule is COCC1(C(=O)NC(C)CN(C)Cc2ccccc2)CCNC1. The first-order chi connectivity index (χ1) is 11.1. The van der Waals surface area contributed by atoms with E-state index in [4.69, 9.17) is 4.74 Å². The summed E-state index contributed by atoms with van der Waals surface area (Å²) in [6, 6.07) is 10.5. The molecule has 0 spiro atoms. The molecule has 128 valence electrons. The Kier molecular flexibility index (Phi) is 6.57. The number of hydrogen-bond donors (Lipinski definition) is 2. The van der Waals surface area contributed by atoms with E-state index >= 15 is 0 Å². The number of nitrogens with zero attached hydrogens (tertiary/aromatic N) is 1. The van der Waals surface area contributed by atoms with Gasteiger partial charge in [-0.3, -0.25) is 4.79 Å². The van der Waals surface area contributed by atoms with E-state index in [1.807, 2.05) is 6.07 Å². The fraction of sp³-hybridized carbons (Fsp3) is 0.611. The summed E-state index contributed by atoms with van der Waals surface area (Å²) in [5, 5.41) is 6.44. The highest BCUT2D eigenvalue weighted by atomic mass is 16.5. The molecule has 1 heterocycles. The van der Waals surface area contributed by atoms with Crippen LogP contribution in [0.25, 0.3) is 0 Å². The van der Waals surface area contributed by atoms with Crippen LogP contribution in [0.4, 0.5) is 0 Å². The number of hydrogen-bond acceptors (Lipinski definition) is 4. The fourth-order valence-corrected chi connectivity index (χ4v) is 3.25. The number of ether oxygens (including phenoxy) is 1. The molecule has 1 amide bonds. The third-order valence-corrected chi connectivity index (χ3v) is 4.40. The van der Waals surface area contributed by atoms with Gasteiger partial charge in [0, 0.05) is 32.8 Å². The van der Waals surface area contributed by atoms with Crippen LogP contribution in [0.5, 0.6) is 0 Å². The van der Waals surface area contributed by atoms with Gasteiger partial charge in [-0.15, -0.1) is 0 Å². The smallest absolute Gasteiger partial charge is 0.230 e. The van der Waals surface area contributed by atoms with Crippen LogP contribution < -0.4 is 10.6 Å². The van der Waals surface area contributed by atoms with E-state index in [-0.39, 0.29) is 11.9 Å². The van der Waals surface area contributed by atoms with Crippen LogP contribution in [-0.4, -0.2) is 57.2 Å². The lowest BCUT2D eigenvalue weighted by Crippen LogP contribution is -2.50. The lowest BCUT2D eigenvalue weighted by atomic mass is 9.86. The first-order valence-corrected chi connectivity index (χ1v) is 8.29. The average Bonchev–Trinajstić information content (AvgIpc) is 2.98. The van der Waals surface area contributed by atoms with E-state index in [0.717, 1.165) is 26.1 Å². The van der Waals surface area contributed by atoms with Crippen LogP contribution >= 0.6 is 0 Å². The van der Waals surface area contributed by atoms with Crippen LogP contribution in [0.2, 0.25) is 0 Å². The molecule has 1 aromatic rings. The second kappa shape index (κ2) is 8.43. The van der Waals surface area contributed by atoms with E-state index in [1.165, 1.54) is 5.56 Å². The molecule has 5 heteroatoms. The minimum atomic E-state index is -0.416. The number of nitrogens with one attached hydrogen (secondary N) is 2. The highest BCUT2D eigenvalue weighted by molar-refractivity contribution is 5.83. The van der Waals surface area contributed by atoms with Crippen molar-refractivity contribution < 1.29 is 9.53 Å². The Morgan fingerprint density at radius 1 is 1.43 bits per heavy atom. The molecule has 1 aromatic carbocycles. The van der Waals surface area contributed by atoms with E-state index in [1.54, 1.807) is 7.11 Å². The van der Waals surface area contributed by atoms with Crippen molar-refractivity contribution in [1.29, 1.82) is 0 Å². The largest absolute Gasteiger partial charge is 0.384 e. The normalized spacial score (nSPS) is 22.3. The molecular weight excluding hydrogens is 290 g/mol. The summed E-state index contributed by atoms with van der Waals surface area (Å²) in [7, 11) is 3.74. The maximum atomic E-state index is 12.7. The van der Waals surface area contributed by atoms with Crippen LogP contribution in [0.1, 0.15) is 18.9 Å². The molecule has 0 saturated carbocycles. The molecule has 5 nitrogen and oxygen atoms in total. The van der Waals surface area contributed by atoms with Gasteiger partial charge >= 0.3 is 0 Å². The molecule has 0 aliphatic carbocycles. The Balaban J connectivity index is 1.83. The van der Waals surface area contributed by atoms with Gasteiger partial charge in [0.25, 0.3) is 0 Å². The maximum absolute atomic E-state index is 12.7. The van der Waals surface area contributed by atoms with Gasteiger partial charge in [0.1, 0.15) is 0 Å². The minimum absolute atomic E-state index is 0.102. The molecule has 0 aromatic heterocycles. The Labute approximate surface area is 139 Å². The Bertz CT molecular complexity index is 486. The number of methoxy groups -OCH3 is 1. The van der Waals surface area contributed by atoms with E-state index in [9.17, 15) is 4.79 Å². The van der Waals surface area contributed by atoms with Crippen molar-refractivity contribution in [2.24, 2.45) is 5.41 Å². The fourth-order valence-electron chi connectivity index (χ4n) is 3.25. The minimum Gasteiger partial charge on any atom is -0.384 e.